The van der Waals surface area contributed by atoms with E-state index in [-0.39, 0.29) is 17.5 Å². The van der Waals surface area contributed by atoms with Crippen LogP contribution in [0, 0.1) is 6.92 Å². The maximum Gasteiger partial charge on any atom is 0.254 e. The van der Waals surface area contributed by atoms with Gasteiger partial charge in [0.25, 0.3) is 5.91 Å². The molecule has 1 atom stereocenters. The van der Waals surface area contributed by atoms with E-state index >= 15 is 0 Å². The van der Waals surface area contributed by atoms with Crippen molar-refractivity contribution in [1.82, 2.24) is 10.6 Å². The molecule has 0 radical (unpaired) electrons. The van der Waals surface area contributed by atoms with Crippen molar-refractivity contribution in [2.75, 3.05) is 19.8 Å². The molecule has 2 heterocycles. The minimum absolute atomic E-state index is 0.0914. The van der Waals surface area contributed by atoms with E-state index in [1.54, 1.807) is 19.3 Å². The van der Waals surface area contributed by atoms with Gasteiger partial charge >= 0.3 is 0 Å². The number of furan rings is 1. The van der Waals surface area contributed by atoms with E-state index in [2.05, 4.69) is 29.7 Å². The molecule has 3 rings (SSSR count). The van der Waals surface area contributed by atoms with E-state index in [4.69, 9.17) is 9.15 Å². The van der Waals surface area contributed by atoms with Crippen molar-refractivity contribution < 1.29 is 13.9 Å². The number of carbonyl (C=O) groups is 1. The summed E-state index contributed by atoms with van der Waals surface area (Å²) in [6.45, 7) is 5.94. The van der Waals surface area contributed by atoms with E-state index in [0.29, 0.717) is 31.1 Å². The average Bonchev–Trinajstić information content (AvgIpc) is 3.07. The molecule has 1 fully saturated rings. The van der Waals surface area contributed by atoms with Crippen molar-refractivity contribution in [2.45, 2.75) is 38.3 Å². The molecule has 0 spiro atoms. The largest absolute Gasteiger partial charge is 0.469 e. The second kappa shape index (κ2) is 7.85. The van der Waals surface area contributed by atoms with Crippen molar-refractivity contribution in [2.24, 2.45) is 0 Å². The van der Waals surface area contributed by atoms with Gasteiger partial charge in [0.2, 0.25) is 0 Å². The quantitative estimate of drug-likeness (QED) is 0.846. The first-order chi connectivity index (χ1) is 12.1. The molecule has 1 saturated heterocycles. The molecule has 1 amide bonds. The molecule has 1 aliphatic rings. The molecule has 5 nitrogen and oxygen atoms in total. The number of nitrogens with one attached hydrogen (secondary N) is 2. The molecular weight excluding hydrogens is 316 g/mol. The Labute approximate surface area is 148 Å². The fourth-order valence-corrected chi connectivity index (χ4v) is 3.38. The Balaban J connectivity index is 1.68. The normalized spacial score (nSPS) is 17.8. The maximum atomic E-state index is 12.4. The van der Waals surface area contributed by atoms with E-state index in [1.807, 2.05) is 18.2 Å². The van der Waals surface area contributed by atoms with Gasteiger partial charge in [-0.3, -0.25) is 4.79 Å². The van der Waals surface area contributed by atoms with Crippen LogP contribution in [-0.4, -0.2) is 31.2 Å². The fraction of sp³-hybridized carbons (Fsp3) is 0.450. The molecule has 134 valence electrons. The summed E-state index contributed by atoms with van der Waals surface area (Å²) in [6.07, 6.45) is 3.29. The summed E-state index contributed by atoms with van der Waals surface area (Å²) in [5, 5.41) is 6.82. The smallest absolute Gasteiger partial charge is 0.254 e. The zero-order valence-corrected chi connectivity index (χ0v) is 14.9. The molecule has 1 aromatic carbocycles. The summed E-state index contributed by atoms with van der Waals surface area (Å²) in [5.74, 6) is 0.551. The molecule has 1 aliphatic heterocycles. The third kappa shape index (κ3) is 4.30. The van der Waals surface area contributed by atoms with Crippen LogP contribution in [0.25, 0.3) is 0 Å². The first-order valence-electron chi connectivity index (χ1n) is 8.82. The standard InChI is InChI=1S/C20H26N2O3/c1-15(17-6-4-3-5-7-17)22-20(9-12-24-13-10-20)14-21-19(23)18-8-11-25-16(18)2/h3-8,11,15,22H,9-10,12-14H2,1-2H3,(H,21,23). The van der Waals surface area contributed by atoms with Crippen LogP contribution in [0.15, 0.2) is 47.1 Å². The third-order valence-corrected chi connectivity index (χ3v) is 4.96. The Hall–Kier alpha value is -2.11. The van der Waals surface area contributed by atoms with Gasteiger partial charge in [-0.2, -0.15) is 0 Å². The van der Waals surface area contributed by atoms with E-state index in [1.165, 1.54) is 5.56 Å². The molecule has 25 heavy (non-hydrogen) atoms. The fourth-order valence-electron chi connectivity index (χ4n) is 3.38. The van der Waals surface area contributed by atoms with Crippen LogP contribution in [-0.2, 0) is 4.74 Å². The highest BCUT2D eigenvalue weighted by molar-refractivity contribution is 5.95. The topological polar surface area (TPSA) is 63.5 Å². The summed E-state index contributed by atoms with van der Waals surface area (Å²) in [5.41, 5.74) is 1.67. The van der Waals surface area contributed by atoms with Gasteiger partial charge in [-0.25, -0.2) is 0 Å². The lowest BCUT2D eigenvalue weighted by Gasteiger charge is -2.40. The minimum Gasteiger partial charge on any atom is -0.469 e. The number of hydrogen-bond donors (Lipinski definition) is 2. The number of carbonyl (C=O) groups excluding carboxylic acids is 1. The van der Waals surface area contributed by atoms with Gasteiger partial charge in [-0.1, -0.05) is 30.3 Å². The highest BCUT2D eigenvalue weighted by Crippen LogP contribution is 2.25. The average molecular weight is 342 g/mol. The Morgan fingerprint density at radius 3 is 2.56 bits per heavy atom. The van der Waals surface area contributed by atoms with E-state index in [0.717, 1.165) is 12.8 Å². The molecular formula is C20H26N2O3. The molecule has 0 aliphatic carbocycles. The molecule has 5 heteroatoms. The highest BCUT2D eigenvalue weighted by Gasteiger charge is 2.34. The van der Waals surface area contributed by atoms with Gasteiger partial charge in [0.05, 0.1) is 11.8 Å². The molecule has 0 bridgehead atoms. The number of rotatable bonds is 6. The molecule has 1 unspecified atom stereocenters. The van der Waals surface area contributed by atoms with Crippen LogP contribution in [0.3, 0.4) is 0 Å². The zero-order chi connectivity index (χ0) is 17.7. The molecule has 1 aromatic heterocycles. The van der Waals surface area contributed by atoms with Gasteiger partial charge in [0.15, 0.2) is 0 Å². The lowest BCUT2D eigenvalue weighted by molar-refractivity contribution is 0.0332. The van der Waals surface area contributed by atoms with Crippen LogP contribution in [0.1, 0.15) is 47.5 Å². The highest BCUT2D eigenvalue weighted by atomic mass is 16.5. The third-order valence-electron chi connectivity index (χ3n) is 4.96. The Morgan fingerprint density at radius 2 is 1.92 bits per heavy atom. The van der Waals surface area contributed by atoms with Crippen LogP contribution in [0.4, 0.5) is 0 Å². The summed E-state index contributed by atoms with van der Waals surface area (Å²) < 4.78 is 10.8. The zero-order valence-electron chi connectivity index (χ0n) is 14.9. The lowest BCUT2D eigenvalue weighted by Crippen LogP contribution is -2.57. The number of benzene rings is 1. The maximum absolute atomic E-state index is 12.4. The van der Waals surface area contributed by atoms with Crippen LogP contribution < -0.4 is 10.6 Å². The minimum atomic E-state index is -0.166. The van der Waals surface area contributed by atoms with Crippen LogP contribution in [0.5, 0.6) is 0 Å². The number of aryl methyl sites for hydroxylation is 1. The molecule has 0 saturated carbocycles. The predicted octanol–water partition coefficient (Wildman–Crippen LogP) is 3.22. The number of ether oxygens (including phenoxy) is 1. The lowest BCUT2D eigenvalue weighted by atomic mass is 9.88. The van der Waals surface area contributed by atoms with Crippen molar-refractivity contribution in [3.05, 3.63) is 59.5 Å². The summed E-state index contributed by atoms with van der Waals surface area (Å²) in [4.78, 5) is 12.4. The predicted molar refractivity (Wildman–Crippen MR) is 96.6 cm³/mol. The second-order valence-corrected chi connectivity index (χ2v) is 6.74. The van der Waals surface area contributed by atoms with Crippen molar-refractivity contribution >= 4 is 5.91 Å². The molecule has 2 N–H and O–H groups in total. The van der Waals surface area contributed by atoms with Crippen LogP contribution in [0.2, 0.25) is 0 Å². The Kier molecular flexibility index (Phi) is 5.56. The monoisotopic (exact) mass is 342 g/mol. The van der Waals surface area contributed by atoms with Crippen molar-refractivity contribution in [3.8, 4) is 0 Å². The number of amides is 1. The van der Waals surface area contributed by atoms with Gasteiger partial charge in [-0.05, 0) is 38.3 Å². The second-order valence-electron chi connectivity index (χ2n) is 6.74. The van der Waals surface area contributed by atoms with Crippen LogP contribution >= 0.6 is 0 Å². The first-order valence-corrected chi connectivity index (χ1v) is 8.82. The van der Waals surface area contributed by atoms with Gasteiger partial charge in [0, 0.05) is 31.3 Å². The summed E-state index contributed by atoms with van der Waals surface area (Å²) in [7, 11) is 0. The van der Waals surface area contributed by atoms with Gasteiger partial charge in [-0.15, -0.1) is 0 Å². The Bertz CT molecular complexity index is 690. The van der Waals surface area contributed by atoms with E-state index < -0.39 is 0 Å². The van der Waals surface area contributed by atoms with Gasteiger partial charge < -0.3 is 19.8 Å². The Morgan fingerprint density at radius 1 is 1.20 bits per heavy atom. The van der Waals surface area contributed by atoms with Crippen molar-refractivity contribution in [1.29, 1.82) is 0 Å². The van der Waals surface area contributed by atoms with E-state index in [9.17, 15) is 4.79 Å². The summed E-state index contributed by atoms with van der Waals surface area (Å²) in [6, 6.07) is 12.3. The molecule has 2 aromatic rings. The van der Waals surface area contributed by atoms with Gasteiger partial charge in [0.1, 0.15) is 5.76 Å². The number of hydrogen-bond acceptors (Lipinski definition) is 4. The summed E-state index contributed by atoms with van der Waals surface area (Å²) >= 11 is 0. The first kappa shape index (κ1) is 17.7. The SMILES string of the molecule is Cc1occc1C(=O)NCC1(NC(C)c2ccccc2)CCOCC1. The van der Waals surface area contributed by atoms with Crippen molar-refractivity contribution in [3.63, 3.8) is 0 Å².